The molecule has 0 spiro atoms. The average molecular weight is 322 g/mol. The van der Waals surface area contributed by atoms with E-state index in [-0.39, 0.29) is 6.10 Å². The smallest absolute Gasteiger partial charge is 0.166 e. The normalized spacial score (nSPS) is 22.8. The highest BCUT2D eigenvalue weighted by Gasteiger charge is 2.29. The van der Waals surface area contributed by atoms with Crippen LogP contribution >= 0.6 is 15.9 Å². The first kappa shape index (κ1) is 12.8. The van der Waals surface area contributed by atoms with E-state index >= 15 is 0 Å². The molecule has 4 nitrogen and oxygen atoms in total. The van der Waals surface area contributed by atoms with Crippen molar-refractivity contribution in [2.75, 3.05) is 0 Å². The molecule has 1 aliphatic rings. The average Bonchev–Trinajstić information content (AvgIpc) is 3.05. The molecule has 0 amide bonds. The molecular weight excluding hydrogens is 306 g/mol. The minimum absolute atomic E-state index is 0.0514. The standard InChI is InChI=1S/C14H16BrN3O/c1-10-7-8-12(19-10)14-17-16-13(9-15)18(14)11-5-3-2-4-6-11/h2-6,10,12H,7-9H2,1H3. The number of aromatic nitrogens is 3. The molecule has 1 aromatic heterocycles. The van der Waals surface area contributed by atoms with Gasteiger partial charge in [0.15, 0.2) is 5.82 Å². The van der Waals surface area contributed by atoms with Crippen LogP contribution in [0.1, 0.15) is 37.5 Å². The monoisotopic (exact) mass is 321 g/mol. The van der Waals surface area contributed by atoms with Crippen molar-refractivity contribution in [1.82, 2.24) is 14.8 Å². The second kappa shape index (κ2) is 5.43. The first-order valence-corrected chi connectivity index (χ1v) is 7.62. The molecule has 0 aliphatic carbocycles. The summed E-state index contributed by atoms with van der Waals surface area (Å²) in [4.78, 5) is 0. The van der Waals surface area contributed by atoms with Crippen molar-refractivity contribution >= 4 is 15.9 Å². The first-order valence-electron chi connectivity index (χ1n) is 6.50. The Kier molecular flexibility index (Phi) is 3.66. The van der Waals surface area contributed by atoms with Crippen LogP contribution in [0.25, 0.3) is 5.69 Å². The summed E-state index contributed by atoms with van der Waals surface area (Å²) in [5.41, 5.74) is 1.08. The summed E-state index contributed by atoms with van der Waals surface area (Å²) in [5, 5.41) is 9.28. The third-order valence-corrected chi connectivity index (χ3v) is 3.91. The summed E-state index contributed by atoms with van der Waals surface area (Å²) in [6.45, 7) is 2.11. The van der Waals surface area contributed by atoms with E-state index in [2.05, 4.69) is 49.8 Å². The Morgan fingerprint density at radius 2 is 2.05 bits per heavy atom. The Labute approximate surface area is 120 Å². The number of alkyl halides is 1. The fourth-order valence-electron chi connectivity index (χ4n) is 2.48. The summed E-state index contributed by atoms with van der Waals surface area (Å²) in [7, 11) is 0. The molecule has 0 bridgehead atoms. The molecule has 2 unspecified atom stereocenters. The second-order valence-electron chi connectivity index (χ2n) is 4.79. The van der Waals surface area contributed by atoms with Crippen LogP contribution in [0.15, 0.2) is 30.3 Å². The van der Waals surface area contributed by atoms with Gasteiger partial charge in [0.2, 0.25) is 0 Å². The molecule has 1 fully saturated rings. The molecule has 1 saturated heterocycles. The lowest BCUT2D eigenvalue weighted by atomic mass is 10.2. The molecule has 2 aromatic rings. The van der Waals surface area contributed by atoms with Crippen molar-refractivity contribution in [3.05, 3.63) is 42.0 Å². The Hall–Kier alpha value is -1.20. The van der Waals surface area contributed by atoms with E-state index in [9.17, 15) is 0 Å². The quantitative estimate of drug-likeness (QED) is 0.813. The lowest BCUT2D eigenvalue weighted by Gasteiger charge is -2.14. The summed E-state index contributed by atoms with van der Waals surface area (Å²) in [6.07, 6.45) is 2.44. The predicted molar refractivity (Wildman–Crippen MR) is 76.5 cm³/mol. The highest BCUT2D eigenvalue weighted by Crippen LogP contribution is 2.33. The number of hydrogen-bond donors (Lipinski definition) is 0. The third kappa shape index (κ3) is 2.44. The number of halogens is 1. The van der Waals surface area contributed by atoms with Crippen molar-refractivity contribution in [1.29, 1.82) is 0 Å². The molecule has 1 aromatic carbocycles. The lowest BCUT2D eigenvalue weighted by molar-refractivity contribution is 0.0492. The molecule has 0 N–H and O–H groups in total. The maximum absolute atomic E-state index is 5.93. The number of rotatable bonds is 3. The molecule has 2 atom stereocenters. The molecule has 0 radical (unpaired) electrons. The van der Waals surface area contributed by atoms with Crippen molar-refractivity contribution in [3.63, 3.8) is 0 Å². The fraction of sp³-hybridized carbons (Fsp3) is 0.429. The zero-order valence-electron chi connectivity index (χ0n) is 10.8. The van der Waals surface area contributed by atoms with Crippen LogP contribution < -0.4 is 0 Å². The van der Waals surface area contributed by atoms with Crippen molar-refractivity contribution in [2.45, 2.75) is 37.3 Å². The number of benzene rings is 1. The molecular formula is C14H16BrN3O. The van der Waals surface area contributed by atoms with Crippen molar-refractivity contribution < 1.29 is 4.74 Å². The summed E-state index contributed by atoms with van der Waals surface area (Å²) in [6, 6.07) is 10.2. The van der Waals surface area contributed by atoms with Gasteiger partial charge in [-0.2, -0.15) is 0 Å². The lowest BCUT2D eigenvalue weighted by Crippen LogP contribution is -2.10. The summed E-state index contributed by atoms with van der Waals surface area (Å²) >= 11 is 3.48. The second-order valence-corrected chi connectivity index (χ2v) is 5.35. The van der Waals surface area contributed by atoms with Crippen molar-refractivity contribution in [2.24, 2.45) is 0 Å². The van der Waals surface area contributed by atoms with E-state index in [1.54, 1.807) is 0 Å². The summed E-state index contributed by atoms with van der Waals surface area (Å²) in [5.74, 6) is 1.81. The molecule has 19 heavy (non-hydrogen) atoms. The largest absolute Gasteiger partial charge is 0.367 e. The van der Waals surface area contributed by atoms with Crippen LogP contribution in [-0.4, -0.2) is 20.9 Å². The molecule has 0 saturated carbocycles. The van der Waals surface area contributed by atoms with Gasteiger partial charge in [0.05, 0.1) is 11.4 Å². The van der Waals surface area contributed by atoms with Gasteiger partial charge >= 0.3 is 0 Å². The van der Waals surface area contributed by atoms with Crippen molar-refractivity contribution in [3.8, 4) is 5.69 Å². The number of ether oxygens (including phenoxy) is 1. The Balaban J connectivity index is 2.04. The zero-order valence-corrected chi connectivity index (χ0v) is 12.4. The third-order valence-electron chi connectivity index (χ3n) is 3.41. The maximum atomic E-state index is 5.93. The van der Waals surface area contributed by atoms with Gasteiger partial charge < -0.3 is 4.74 Å². The molecule has 100 valence electrons. The van der Waals surface area contributed by atoms with Crippen LogP contribution in [0.2, 0.25) is 0 Å². The van der Waals surface area contributed by atoms with Gasteiger partial charge in [-0.1, -0.05) is 34.1 Å². The van der Waals surface area contributed by atoms with Gasteiger partial charge in [-0.15, -0.1) is 10.2 Å². The number of nitrogens with zero attached hydrogens (tertiary/aromatic N) is 3. The SMILES string of the molecule is CC1CCC(c2nnc(CBr)n2-c2ccccc2)O1. The van der Waals surface area contributed by atoms with Crippen LogP contribution in [0, 0.1) is 0 Å². The highest BCUT2D eigenvalue weighted by atomic mass is 79.9. The molecule has 3 rings (SSSR count). The Bertz CT molecular complexity index is 555. The predicted octanol–water partition coefficient (Wildman–Crippen LogP) is 3.40. The molecule has 5 heteroatoms. The minimum Gasteiger partial charge on any atom is -0.367 e. The highest BCUT2D eigenvalue weighted by molar-refractivity contribution is 9.08. The van der Waals surface area contributed by atoms with Crippen LogP contribution in [0.5, 0.6) is 0 Å². The Morgan fingerprint density at radius 1 is 1.26 bits per heavy atom. The zero-order chi connectivity index (χ0) is 13.2. The number of para-hydroxylation sites is 1. The Morgan fingerprint density at radius 3 is 2.68 bits per heavy atom. The van der Waals surface area contributed by atoms with Gasteiger partial charge in [-0.25, -0.2) is 0 Å². The van der Waals surface area contributed by atoms with Crippen LogP contribution in [-0.2, 0) is 10.1 Å². The first-order chi connectivity index (χ1) is 9.29. The number of hydrogen-bond acceptors (Lipinski definition) is 3. The van der Waals surface area contributed by atoms with E-state index in [1.807, 2.05) is 18.2 Å². The van der Waals surface area contributed by atoms with E-state index in [1.165, 1.54) is 0 Å². The van der Waals surface area contributed by atoms with Gasteiger partial charge in [0.1, 0.15) is 11.9 Å². The van der Waals surface area contributed by atoms with Crippen LogP contribution in [0.3, 0.4) is 0 Å². The maximum Gasteiger partial charge on any atom is 0.166 e. The minimum atomic E-state index is 0.0514. The molecule has 1 aliphatic heterocycles. The van der Waals surface area contributed by atoms with E-state index < -0.39 is 0 Å². The van der Waals surface area contributed by atoms with E-state index in [0.717, 1.165) is 30.2 Å². The van der Waals surface area contributed by atoms with Gasteiger partial charge in [-0.05, 0) is 31.9 Å². The van der Waals surface area contributed by atoms with Gasteiger partial charge in [-0.3, -0.25) is 4.57 Å². The van der Waals surface area contributed by atoms with Gasteiger partial charge in [0, 0.05) is 5.69 Å². The topological polar surface area (TPSA) is 39.9 Å². The fourth-order valence-corrected chi connectivity index (χ4v) is 2.84. The van der Waals surface area contributed by atoms with E-state index in [4.69, 9.17) is 4.74 Å². The van der Waals surface area contributed by atoms with E-state index in [0.29, 0.717) is 11.4 Å². The van der Waals surface area contributed by atoms with Crippen LogP contribution in [0.4, 0.5) is 0 Å². The molecule has 2 heterocycles. The van der Waals surface area contributed by atoms with Gasteiger partial charge in [0.25, 0.3) is 0 Å². The summed E-state index contributed by atoms with van der Waals surface area (Å²) < 4.78 is 8.02.